The number of furan rings is 1. The van der Waals surface area contributed by atoms with E-state index in [1.165, 1.54) is 35.6 Å². The van der Waals surface area contributed by atoms with Crippen molar-refractivity contribution in [2.75, 3.05) is 5.75 Å². The highest BCUT2D eigenvalue weighted by Gasteiger charge is 2.05. The van der Waals surface area contributed by atoms with E-state index < -0.39 is 0 Å². The summed E-state index contributed by atoms with van der Waals surface area (Å²) in [6, 6.07) is 3.49. The lowest BCUT2D eigenvalue weighted by atomic mass is 10.5. The third-order valence-electron chi connectivity index (χ3n) is 1.76. The number of carbonyl (C=O) groups excluding carboxylic acids is 1. The first-order valence-corrected chi connectivity index (χ1v) is 6.82. The summed E-state index contributed by atoms with van der Waals surface area (Å²) in [5.41, 5.74) is 2.40. The first-order chi connectivity index (χ1) is 8.74. The molecule has 0 aliphatic rings. The van der Waals surface area contributed by atoms with Crippen LogP contribution in [0.1, 0.15) is 10.8 Å². The maximum absolute atomic E-state index is 11.4. The average Bonchev–Trinajstić information content (AvgIpc) is 2.98. The van der Waals surface area contributed by atoms with Crippen LogP contribution in [0.5, 0.6) is 0 Å². The molecule has 0 spiro atoms. The zero-order chi connectivity index (χ0) is 12.8. The van der Waals surface area contributed by atoms with Gasteiger partial charge in [0.1, 0.15) is 10.8 Å². The van der Waals surface area contributed by atoms with Gasteiger partial charge in [-0.25, -0.2) is 5.43 Å². The van der Waals surface area contributed by atoms with E-state index in [0.717, 1.165) is 9.35 Å². The lowest BCUT2D eigenvalue weighted by Gasteiger charge is -1.96. The van der Waals surface area contributed by atoms with Gasteiger partial charge >= 0.3 is 0 Å². The fraction of sp³-hybridized carbons (Fsp3) is 0.200. The molecular weight excluding hydrogens is 272 g/mol. The molecule has 0 saturated heterocycles. The molecule has 0 fully saturated rings. The maximum Gasteiger partial charge on any atom is 0.250 e. The number of aryl methyl sites for hydroxylation is 1. The van der Waals surface area contributed by atoms with Gasteiger partial charge in [0, 0.05) is 0 Å². The van der Waals surface area contributed by atoms with Gasteiger partial charge in [-0.1, -0.05) is 23.1 Å². The first kappa shape index (κ1) is 12.8. The molecule has 94 valence electrons. The summed E-state index contributed by atoms with van der Waals surface area (Å²) in [5.74, 6) is 0.641. The summed E-state index contributed by atoms with van der Waals surface area (Å²) >= 11 is 2.79. The van der Waals surface area contributed by atoms with E-state index in [-0.39, 0.29) is 11.7 Å². The molecule has 0 unspecified atom stereocenters. The Morgan fingerprint density at radius 2 is 2.56 bits per heavy atom. The zero-order valence-corrected chi connectivity index (χ0v) is 11.1. The predicted octanol–water partition coefficient (Wildman–Crippen LogP) is 1.68. The standard InChI is InChI=1S/C10H10N4O2S2/c1-7-12-14-10(18-7)17-6-9(15)13-11-5-8-3-2-4-16-8/h2-5H,6H2,1H3,(H,13,15). The summed E-state index contributed by atoms with van der Waals surface area (Å²) in [6.07, 6.45) is 2.98. The number of hydrogen-bond acceptors (Lipinski definition) is 7. The minimum Gasteiger partial charge on any atom is -0.463 e. The van der Waals surface area contributed by atoms with Crippen LogP contribution in [-0.2, 0) is 4.79 Å². The van der Waals surface area contributed by atoms with E-state index in [1.807, 2.05) is 6.92 Å². The Balaban J connectivity index is 1.72. The molecule has 2 heterocycles. The van der Waals surface area contributed by atoms with Gasteiger partial charge in [0.25, 0.3) is 5.91 Å². The molecule has 2 aromatic rings. The van der Waals surface area contributed by atoms with Crippen molar-refractivity contribution in [1.29, 1.82) is 0 Å². The number of nitrogens with zero attached hydrogens (tertiary/aromatic N) is 3. The van der Waals surface area contributed by atoms with Crippen molar-refractivity contribution in [3.63, 3.8) is 0 Å². The number of thioether (sulfide) groups is 1. The molecule has 0 aliphatic carbocycles. The van der Waals surface area contributed by atoms with Crippen LogP contribution >= 0.6 is 23.1 Å². The molecular formula is C10H10N4O2S2. The number of amides is 1. The summed E-state index contributed by atoms with van der Waals surface area (Å²) in [5, 5.41) is 12.4. The van der Waals surface area contributed by atoms with Crippen LogP contribution < -0.4 is 5.43 Å². The zero-order valence-electron chi connectivity index (χ0n) is 9.49. The lowest BCUT2D eigenvalue weighted by molar-refractivity contribution is -0.118. The van der Waals surface area contributed by atoms with Gasteiger partial charge in [-0.2, -0.15) is 5.10 Å². The second kappa shape index (κ2) is 6.31. The van der Waals surface area contributed by atoms with Crippen LogP contribution in [-0.4, -0.2) is 28.1 Å². The van der Waals surface area contributed by atoms with Crippen molar-refractivity contribution >= 4 is 35.2 Å². The molecule has 0 aromatic carbocycles. The Hall–Kier alpha value is -1.67. The predicted molar refractivity (Wildman–Crippen MR) is 69.8 cm³/mol. The van der Waals surface area contributed by atoms with Crippen LogP contribution in [0.3, 0.4) is 0 Å². The van der Waals surface area contributed by atoms with E-state index >= 15 is 0 Å². The SMILES string of the molecule is Cc1nnc(SCC(=O)NN=Cc2ccco2)s1. The quantitative estimate of drug-likeness (QED) is 0.512. The molecule has 0 bridgehead atoms. The topological polar surface area (TPSA) is 80.4 Å². The van der Waals surface area contributed by atoms with Crippen molar-refractivity contribution in [2.45, 2.75) is 11.3 Å². The number of hydrazone groups is 1. The highest BCUT2D eigenvalue weighted by atomic mass is 32.2. The molecule has 0 aliphatic heterocycles. The molecule has 1 N–H and O–H groups in total. The second-order valence-electron chi connectivity index (χ2n) is 3.18. The van der Waals surface area contributed by atoms with Gasteiger partial charge in [0.2, 0.25) is 0 Å². The summed E-state index contributed by atoms with van der Waals surface area (Å²) < 4.78 is 5.80. The Morgan fingerprint density at radius 1 is 1.67 bits per heavy atom. The molecule has 2 rings (SSSR count). The lowest BCUT2D eigenvalue weighted by Crippen LogP contribution is -2.19. The number of carbonyl (C=O) groups is 1. The number of nitrogens with one attached hydrogen (secondary N) is 1. The summed E-state index contributed by atoms with van der Waals surface area (Å²) in [6.45, 7) is 1.87. The van der Waals surface area contributed by atoms with Crippen LogP contribution in [0.4, 0.5) is 0 Å². The van der Waals surface area contributed by atoms with Gasteiger partial charge in [0.05, 0.1) is 18.2 Å². The van der Waals surface area contributed by atoms with E-state index in [4.69, 9.17) is 4.42 Å². The number of hydrogen-bond donors (Lipinski definition) is 1. The second-order valence-corrected chi connectivity index (χ2v) is 5.59. The average molecular weight is 282 g/mol. The summed E-state index contributed by atoms with van der Waals surface area (Å²) in [4.78, 5) is 11.4. The van der Waals surface area contributed by atoms with Gasteiger partial charge in [0.15, 0.2) is 4.34 Å². The Morgan fingerprint density at radius 3 is 3.22 bits per heavy atom. The maximum atomic E-state index is 11.4. The van der Waals surface area contributed by atoms with E-state index in [1.54, 1.807) is 12.1 Å². The van der Waals surface area contributed by atoms with E-state index in [2.05, 4.69) is 20.7 Å². The van der Waals surface area contributed by atoms with E-state index in [9.17, 15) is 4.79 Å². The minimum absolute atomic E-state index is 0.198. The first-order valence-electron chi connectivity index (χ1n) is 5.02. The molecule has 0 saturated carbocycles. The van der Waals surface area contributed by atoms with Gasteiger partial charge < -0.3 is 4.42 Å². The Bertz CT molecular complexity index is 536. The fourth-order valence-electron chi connectivity index (χ4n) is 1.03. The number of rotatable bonds is 5. The van der Waals surface area contributed by atoms with Crippen LogP contribution in [0.15, 0.2) is 32.3 Å². The van der Waals surface area contributed by atoms with Crippen LogP contribution in [0.25, 0.3) is 0 Å². The van der Waals surface area contributed by atoms with Crippen molar-refractivity contribution < 1.29 is 9.21 Å². The van der Waals surface area contributed by atoms with E-state index in [0.29, 0.717) is 5.76 Å². The number of aromatic nitrogens is 2. The van der Waals surface area contributed by atoms with Gasteiger partial charge in [-0.05, 0) is 19.1 Å². The molecule has 0 atom stereocenters. The highest BCUT2D eigenvalue weighted by molar-refractivity contribution is 8.01. The third kappa shape index (κ3) is 3.97. The van der Waals surface area contributed by atoms with Crippen molar-refractivity contribution in [1.82, 2.24) is 15.6 Å². The smallest absolute Gasteiger partial charge is 0.250 e. The molecule has 8 heteroatoms. The van der Waals surface area contributed by atoms with Gasteiger partial charge in [-0.3, -0.25) is 4.79 Å². The van der Waals surface area contributed by atoms with Gasteiger partial charge in [-0.15, -0.1) is 10.2 Å². The molecule has 0 radical (unpaired) electrons. The molecule has 6 nitrogen and oxygen atoms in total. The Labute approximate surface area is 111 Å². The molecule has 18 heavy (non-hydrogen) atoms. The minimum atomic E-state index is -0.198. The fourth-order valence-corrected chi connectivity index (χ4v) is 2.64. The Kier molecular flexibility index (Phi) is 4.48. The third-order valence-corrected chi connectivity index (χ3v) is 3.73. The van der Waals surface area contributed by atoms with Crippen LogP contribution in [0.2, 0.25) is 0 Å². The van der Waals surface area contributed by atoms with Crippen molar-refractivity contribution in [2.24, 2.45) is 5.10 Å². The van der Waals surface area contributed by atoms with Crippen LogP contribution in [0, 0.1) is 6.92 Å². The summed E-state index contributed by atoms with van der Waals surface area (Å²) in [7, 11) is 0. The highest BCUT2D eigenvalue weighted by Crippen LogP contribution is 2.21. The monoisotopic (exact) mass is 282 g/mol. The molecule has 2 aromatic heterocycles. The van der Waals surface area contributed by atoms with Crippen molar-refractivity contribution in [3.8, 4) is 0 Å². The normalized spacial score (nSPS) is 10.9. The molecule has 1 amide bonds. The largest absolute Gasteiger partial charge is 0.463 e. The van der Waals surface area contributed by atoms with Crippen molar-refractivity contribution in [3.05, 3.63) is 29.2 Å².